The van der Waals surface area contributed by atoms with Crippen LogP contribution in [0.1, 0.15) is 16.8 Å². The molecule has 2 heterocycles. The summed E-state index contributed by atoms with van der Waals surface area (Å²) < 4.78 is 23.3. The fraction of sp³-hybridized carbons (Fsp3) is 0.294. The van der Waals surface area contributed by atoms with Crippen LogP contribution >= 0.6 is 0 Å². The van der Waals surface area contributed by atoms with E-state index in [1.807, 2.05) is 32.0 Å². The molecule has 10 nitrogen and oxygen atoms in total. The molecule has 0 aliphatic rings. The number of imidazole rings is 1. The van der Waals surface area contributed by atoms with Crippen LogP contribution in [0.25, 0.3) is 11.0 Å². The monoisotopic (exact) mass is 443 g/mol. The summed E-state index contributed by atoms with van der Waals surface area (Å²) in [7, 11) is 3.23. The van der Waals surface area contributed by atoms with Gasteiger partial charge in [0, 0.05) is 34.6 Å². The summed E-state index contributed by atoms with van der Waals surface area (Å²) in [6.45, 7) is 3.86. The van der Waals surface area contributed by atoms with Crippen molar-refractivity contribution in [1.29, 1.82) is 0 Å². The normalized spacial score (nSPS) is 10.2. The predicted molar refractivity (Wildman–Crippen MR) is 116 cm³/mol. The highest BCUT2D eigenvalue weighted by Crippen LogP contribution is 2.27. The first kappa shape index (κ1) is 32.0. The van der Waals surface area contributed by atoms with E-state index < -0.39 is 11.2 Å². The van der Waals surface area contributed by atoms with Crippen molar-refractivity contribution in [2.45, 2.75) is 24.8 Å². The summed E-state index contributed by atoms with van der Waals surface area (Å²) in [5.41, 5.74) is 4.16. The van der Waals surface area contributed by atoms with Crippen molar-refractivity contribution < 1.29 is 35.9 Å². The third-order valence-electron chi connectivity index (χ3n) is 3.90. The molecule has 1 atom stereocenters. The van der Waals surface area contributed by atoms with Crippen LogP contribution in [-0.4, -0.2) is 78.7 Å². The zero-order valence-corrected chi connectivity index (χ0v) is 16.9. The van der Waals surface area contributed by atoms with Crippen LogP contribution in [0.15, 0.2) is 29.6 Å². The second-order valence-electron chi connectivity index (χ2n) is 5.46. The van der Waals surface area contributed by atoms with E-state index in [1.54, 1.807) is 20.4 Å². The molecule has 0 fully saturated rings. The molecule has 0 bridgehead atoms. The molecule has 0 amide bonds. The Bertz CT molecular complexity index is 895. The fourth-order valence-electron chi connectivity index (χ4n) is 2.61. The molecule has 1 aromatic carbocycles. The van der Waals surface area contributed by atoms with Crippen molar-refractivity contribution in [3.05, 3.63) is 41.2 Å². The number of ether oxygens (including phenoxy) is 2. The molecule has 0 aliphatic heterocycles. The standard InChI is InChI=1S/C17H19N3O3S.Mg.4H2O.2H/c1-10-8-18-15(11(2)16(10)23-4)9-24(21)17-19-13-6-5-12(22-3)7-14(13)20-17;;;;;;;/h5-8H,9H2,1-4H3,(H,19,20);;4*1H2;;. The molecular weight excluding hydrogens is 415 g/mol. The molecular formula is C17H29MgN3O7S. The van der Waals surface area contributed by atoms with Crippen molar-refractivity contribution in [2.75, 3.05) is 14.2 Å². The molecule has 9 N–H and O–H groups in total. The van der Waals surface area contributed by atoms with Gasteiger partial charge < -0.3 is 35.9 Å². The lowest BCUT2D eigenvalue weighted by Crippen LogP contribution is -2.10. The predicted octanol–water partition coefficient (Wildman–Crippen LogP) is -1.32. The van der Waals surface area contributed by atoms with Gasteiger partial charge in [-0.1, -0.05) is 0 Å². The lowest BCUT2D eigenvalue weighted by molar-refractivity contribution is 0.407. The molecule has 1 unspecified atom stereocenters. The van der Waals surface area contributed by atoms with E-state index in [0.717, 1.165) is 33.6 Å². The van der Waals surface area contributed by atoms with Crippen molar-refractivity contribution in [1.82, 2.24) is 15.0 Å². The van der Waals surface area contributed by atoms with Gasteiger partial charge in [0.05, 0.1) is 30.9 Å². The van der Waals surface area contributed by atoms with Gasteiger partial charge in [-0.15, -0.1) is 0 Å². The minimum absolute atomic E-state index is 0. The van der Waals surface area contributed by atoms with Gasteiger partial charge in [-0.25, -0.2) is 0 Å². The van der Waals surface area contributed by atoms with Gasteiger partial charge in [0.15, 0.2) is 5.75 Å². The Morgan fingerprint density at radius 1 is 1.07 bits per heavy atom. The van der Waals surface area contributed by atoms with E-state index in [9.17, 15) is 4.55 Å². The van der Waals surface area contributed by atoms with Crippen LogP contribution in [0.5, 0.6) is 11.5 Å². The topological polar surface area (TPSA) is 209 Å². The number of rotatable bonds is 5. The molecule has 0 saturated heterocycles. The summed E-state index contributed by atoms with van der Waals surface area (Å²) in [5, 5.41) is 0.430. The number of hydrogen-bond acceptors (Lipinski definition) is 5. The van der Waals surface area contributed by atoms with Crippen LogP contribution in [0.3, 0.4) is 0 Å². The smallest absolute Gasteiger partial charge is 0.322 e. The van der Waals surface area contributed by atoms with Crippen LogP contribution in [-0.2, 0) is 16.9 Å². The molecule has 0 spiro atoms. The number of nitrogens with one attached hydrogen (secondary N) is 1. The number of aromatic amines is 1. The van der Waals surface area contributed by atoms with Gasteiger partial charge >= 0.3 is 28.2 Å². The molecule has 0 aliphatic carbocycles. The second kappa shape index (κ2) is 13.6. The second-order valence-corrected chi connectivity index (χ2v) is 6.83. The quantitative estimate of drug-likeness (QED) is 0.374. The van der Waals surface area contributed by atoms with Crippen LogP contribution in [0.4, 0.5) is 0 Å². The van der Waals surface area contributed by atoms with Gasteiger partial charge in [0.1, 0.15) is 11.5 Å². The van der Waals surface area contributed by atoms with Gasteiger partial charge in [-0.2, -0.15) is 4.98 Å². The zero-order valence-electron chi connectivity index (χ0n) is 16.0. The van der Waals surface area contributed by atoms with Crippen molar-refractivity contribution in [3.63, 3.8) is 0 Å². The number of pyridine rings is 1. The number of hydrogen-bond donors (Lipinski definition) is 1. The number of methoxy groups -OCH3 is 2. The first-order valence-corrected chi connectivity index (χ1v) is 8.76. The maximum absolute atomic E-state index is 12.7. The summed E-state index contributed by atoms with van der Waals surface area (Å²) in [6, 6.07) is 5.51. The van der Waals surface area contributed by atoms with Crippen LogP contribution < -0.4 is 9.47 Å². The van der Waals surface area contributed by atoms with Crippen LogP contribution in [0, 0.1) is 13.8 Å². The zero-order chi connectivity index (χ0) is 17.3. The molecule has 0 saturated carbocycles. The number of benzene rings is 1. The Morgan fingerprint density at radius 3 is 2.31 bits per heavy atom. The van der Waals surface area contributed by atoms with Gasteiger partial charge in [-0.05, 0) is 26.0 Å². The van der Waals surface area contributed by atoms with E-state index in [-0.39, 0.29) is 50.7 Å². The summed E-state index contributed by atoms with van der Waals surface area (Å²) in [4.78, 5) is 11.9. The number of fused-ring (bicyclic) bond motifs is 1. The maximum Gasteiger partial charge on any atom is 0.322 e. The maximum atomic E-state index is 12.7. The summed E-state index contributed by atoms with van der Waals surface area (Å²) in [5.74, 6) is 1.78. The highest BCUT2D eigenvalue weighted by molar-refractivity contribution is 7.90. The van der Waals surface area contributed by atoms with Crippen molar-refractivity contribution in [2.24, 2.45) is 0 Å². The highest BCUT2D eigenvalue weighted by Gasteiger charge is 2.21. The molecule has 12 heteroatoms. The van der Waals surface area contributed by atoms with Gasteiger partial charge in [-0.3, -0.25) is 9.97 Å². The van der Waals surface area contributed by atoms with E-state index in [0.29, 0.717) is 10.9 Å². The molecule has 3 aromatic rings. The lowest BCUT2D eigenvalue weighted by atomic mass is 10.1. The number of H-pyrrole nitrogens is 1. The first-order valence-electron chi connectivity index (χ1n) is 7.44. The molecule has 29 heavy (non-hydrogen) atoms. The highest BCUT2D eigenvalue weighted by atomic mass is 32.2. The molecule has 2 aromatic heterocycles. The fourth-order valence-corrected chi connectivity index (χ4v) is 3.71. The molecule has 162 valence electrons. The Kier molecular flexibility index (Phi) is 15.0. The van der Waals surface area contributed by atoms with Gasteiger partial charge in [0.25, 0.3) is 0 Å². The van der Waals surface area contributed by atoms with Crippen molar-refractivity contribution in [3.8, 4) is 11.5 Å². The van der Waals surface area contributed by atoms with E-state index in [2.05, 4.69) is 15.0 Å². The average Bonchev–Trinajstić information content (AvgIpc) is 3.01. The third kappa shape index (κ3) is 6.69. The minimum Gasteiger partial charge on any atom is -0.609 e. The van der Waals surface area contributed by atoms with Gasteiger partial charge in [0.2, 0.25) is 0 Å². The Labute approximate surface area is 187 Å². The Morgan fingerprint density at radius 2 is 1.72 bits per heavy atom. The summed E-state index contributed by atoms with van der Waals surface area (Å²) >= 11 is -1.33. The van der Waals surface area contributed by atoms with E-state index in [1.165, 1.54) is 0 Å². The third-order valence-corrected chi connectivity index (χ3v) is 5.06. The van der Waals surface area contributed by atoms with E-state index in [4.69, 9.17) is 9.47 Å². The molecule has 0 radical (unpaired) electrons. The number of aromatic nitrogens is 3. The Balaban J connectivity index is -0.00000135. The lowest BCUT2D eigenvalue weighted by Gasteiger charge is -2.13. The number of aryl methyl sites for hydroxylation is 1. The first-order chi connectivity index (χ1) is 11.5. The van der Waals surface area contributed by atoms with Crippen LogP contribution in [0.2, 0.25) is 0 Å². The Hall–Kier alpha value is -1.64. The van der Waals surface area contributed by atoms with E-state index >= 15 is 0 Å². The number of nitrogens with zero attached hydrogens (tertiary/aromatic N) is 2. The minimum atomic E-state index is -1.33. The molecule has 3 rings (SSSR count). The summed E-state index contributed by atoms with van der Waals surface area (Å²) in [6.07, 6.45) is 1.74. The average molecular weight is 444 g/mol. The SMILES string of the molecule is COc1ccc2[nH]c([S+]([O-])Cc3ncc(C)c(OC)c3C)nc2c1.O.O.O.O.[MgH2]. The van der Waals surface area contributed by atoms with Crippen molar-refractivity contribution >= 4 is 45.3 Å². The largest absolute Gasteiger partial charge is 0.609 e.